The van der Waals surface area contributed by atoms with Gasteiger partial charge in [0.05, 0.1) is 17.1 Å². The number of benzene rings is 4. The highest BCUT2D eigenvalue weighted by molar-refractivity contribution is 6.11. The van der Waals surface area contributed by atoms with Crippen molar-refractivity contribution in [1.29, 1.82) is 0 Å². The summed E-state index contributed by atoms with van der Waals surface area (Å²) in [6.07, 6.45) is 24.0. The third-order valence-electron chi connectivity index (χ3n) is 10.3. The molecule has 0 amide bonds. The monoisotopic (exact) mass is 580 g/mol. The Bertz CT molecular complexity index is 2160. The summed E-state index contributed by atoms with van der Waals surface area (Å²) in [6.45, 7) is 2.32. The maximum Gasteiger partial charge on any atom is 0.0630 e. The molecule has 4 aliphatic rings. The Hall–Kier alpha value is -5.08. The molecular weight excluding hydrogens is 544 g/mol. The quantitative estimate of drug-likeness (QED) is 0.205. The van der Waals surface area contributed by atoms with E-state index in [1.807, 2.05) is 0 Å². The fourth-order valence-corrected chi connectivity index (χ4v) is 8.02. The minimum atomic E-state index is 0.252. The second kappa shape index (κ2) is 10.5. The van der Waals surface area contributed by atoms with Gasteiger partial charge in [0.15, 0.2) is 0 Å². The number of hydrogen-bond acceptors (Lipinski definition) is 1. The average molecular weight is 581 g/mol. The summed E-state index contributed by atoms with van der Waals surface area (Å²) < 4.78 is 2.49. The second-order valence-electron chi connectivity index (χ2n) is 12.9. The second-order valence-corrected chi connectivity index (χ2v) is 12.9. The van der Waals surface area contributed by atoms with Crippen LogP contribution in [0.4, 0.5) is 11.4 Å². The van der Waals surface area contributed by atoms with Gasteiger partial charge in [-0.2, -0.15) is 0 Å². The highest BCUT2D eigenvalue weighted by Crippen LogP contribution is 2.49. The molecule has 5 aromatic rings. The van der Waals surface area contributed by atoms with Gasteiger partial charge in [0.2, 0.25) is 0 Å². The van der Waals surface area contributed by atoms with E-state index in [-0.39, 0.29) is 6.04 Å². The van der Waals surface area contributed by atoms with Crippen LogP contribution in [0.3, 0.4) is 0 Å². The molecule has 0 radical (unpaired) electrons. The third-order valence-corrected chi connectivity index (χ3v) is 10.3. The first-order valence-electron chi connectivity index (χ1n) is 16.4. The molecule has 1 aromatic heterocycles. The molecule has 2 heteroatoms. The van der Waals surface area contributed by atoms with Crippen molar-refractivity contribution in [2.24, 2.45) is 5.92 Å². The molecule has 0 bridgehead atoms. The Kier molecular flexibility index (Phi) is 6.16. The molecule has 2 heterocycles. The zero-order valence-corrected chi connectivity index (χ0v) is 25.6. The predicted octanol–water partition coefficient (Wildman–Crippen LogP) is 11.2. The largest absolute Gasteiger partial charge is 0.333 e. The Morgan fingerprint density at radius 1 is 0.733 bits per heavy atom. The van der Waals surface area contributed by atoms with Crippen molar-refractivity contribution in [3.8, 4) is 0 Å². The van der Waals surface area contributed by atoms with Gasteiger partial charge < -0.3 is 9.47 Å². The summed E-state index contributed by atoms with van der Waals surface area (Å²) in [5.41, 5.74) is 13.2. The number of fused-ring (bicyclic) bond motifs is 6. The molecule has 0 N–H and O–H groups in total. The Balaban J connectivity index is 1.10. The van der Waals surface area contributed by atoms with E-state index >= 15 is 0 Å². The van der Waals surface area contributed by atoms with Gasteiger partial charge >= 0.3 is 0 Å². The van der Waals surface area contributed by atoms with Gasteiger partial charge in [0.25, 0.3) is 0 Å². The third kappa shape index (κ3) is 4.24. The van der Waals surface area contributed by atoms with E-state index < -0.39 is 0 Å². The predicted molar refractivity (Wildman–Crippen MR) is 192 cm³/mol. The number of nitrogens with zero attached hydrogens (tertiary/aromatic N) is 2. The van der Waals surface area contributed by atoms with E-state index in [2.05, 4.69) is 162 Å². The summed E-state index contributed by atoms with van der Waals surface area (Å²) in [6, 6.07) is 34.4. The molecule has 45 heavy (non-hydrogen) atoms. The summed E-state index contributed by atoms with van der Waals surface area (Å²) in [7, 11) is 0. The van der Waals surface area contributed by atoms with E-state index in [0.717, 1.165) is 19.3 Å². The van der Waals surface area contributed by atoms with Crippen LogP contribution in [0.5, 0.6) is 0 Å². The molecule has 0 spiro atoms. The Labute approximate surface area is 265 Å². The molecule has 2 nitrogen and oxygen atoms in total. The van der Waals surface area contributed by atoms with Gasteiger partial charge in [0, 0.05) is 33.8 Å². The van der Waals surface area contributed by atoms with Crippen LogP contribution in [0.1, 0.15) is 48.8 Å². The van der Waals surface area contributed by atoms with E-state index in [1.165, 1.54) is 66.7 Å². The SMILES string of the molecule is CC1CC=CC=C1c1ccc(N2c3ccccc3C3C=C(c4ccc5c6ccccc6n(C6=CC=CCC6)c5c4)C=CC32)cc1. The van der Waals surface area contributed by atoms with E-state index in [1.54, 1.807) is 0 Å². The van der Waals surface area contributed by atoms with Gasteiger partial charge in [-0.05, 0) is 89.4 Å². The number of rotatable bonds is 4. The molecule has 3 unspecified atom stereocenters. The number of aromatic nitrogens is 1. The number of anilines is 2. The zero-order valence-electron chi connectivity index (χ0n) is 25.6. The van der Waals surface area contributed by atoms with Crippen molar-refractivity contribution in [1.82, 2.24) is 4.57 Å². The van der Waals surface area contributed by atoms with Crippen LogP contribution in [0.2, 0.25) is 0 Å². The van der Waals surface area contributed by atoms with Gasteiger partial charge in [-0.1, -0.05) is 116 Å². The van der Waals surface area contributed by atoms with Crippen LogP contribution in [0, 0.1) is 5.92 Å². The fraction of sp³-hybridized carbons (Fsp3) is 0.163. The van der Waals surface area contributed by atoms with Crippen molar-refractivity contribution in [2.45, 2.75) is 38.1 Å². The van der Waals surface area contributed by atoms with Crippen molar-refractivity contribution in [3.63, 3.8) is 0 Å². The zero-order chi connectivity index (χ0) is 29.9. The van der Waals surface area contributed by atoms with Gasteiger partial charge in [-0.3, -0.25) is 0 Å². The Morgan fingerprint density at radius 3 is 2.40 bits per heavy atom. The maximum atomic E-state index is 2.54. The normalized spacial score (nSPS) is 21.9. The lowest BCUT2D eigenvalue weighted by Crippen LogP contribution is -2.28. The molecule has 3 atom stereocenters. The van der Waals surface area contributed by atoms with Crippen LogP contribution in [-0.2, 0) is 0 Å². The molecule has 0 fully saturated rings. The first kappa shape index (κ1) is 26.3. The molecule has 1 aliphatic heterocycles. The summed E-state index contributed by atoms with van der Waals surface area (Å²) in [5.74, 6) is 0.846. The van der Waals surface area contributed by atoms with Crippen LogP contribution >= 0.6 is 0 Å². The van der Waals surface area contributed by atoms with Gasteiger partial charge in [-0.25, -0.2) is 0 Å². The lowest BCUT2D eigenvalue weighted by molar-refractivity contribution is 0.746. The number of allylic oxidation sites excluding steroid dienone is 10. The van der Waals surface area contributed by atoms with Crippen LogP contribution < -0.4 is 4.90 Å². The minimum absolute atomic E-state index is 0.252. The number of hydrogen-bond donors (Lipinski definition) is 0. The molecule has 0 saturated carbocycles. The first-order valence-corrected chi connectivity index (χ1v) is 16.4. The van der Waals surface area contributed by atoms with Crippen molar-refractivity contribution in [2.75, 3.05) is 4.90 Å². The lowest BCUT2D eigenvalue weighted by Gasteiger charge is -2.30. The summed E-state index contributed by atoms with van der Waals surface area (Å²) in [5, 5.41) is 2.64. The van der Waals surface area contributed by atoms with Crippen molar-refractivity contribution >= 4 is 50.0 Å². The first-order chi connectivity index (χ1) is 22.2. The molecule has 4 aromatic carbocycles. The highest BCUT2D eigenvalue weighted by atomic mass is 15.2. The maximum absolute atomic E-state index is 2.54. The van der Waals surface area contributed by atoms with Gasteiger partial charge in [0.1, 0.15) is 0 Å². The van der Waals surface area contributed by atoms with Gasteiger partial charge in [-0.15, -0.1) is 0 Å². The van der Waals surface area contributed by atoms with E-state index in [4.69, 9.17) is 0 Å². The van der Waals surface area contributed by atoms with Crippen LogP contribution in [0.15, 0.2) is 146 Å². The molecule has 9 rings (SSSR count). The molecule has 218 valence electrons. The van der Waals surface area contributed by atoms with Crippen LogP contribution in [-0.4, -0.2) is 10.6 Å². The summed E-state index contributed by atoms with van der Waals surface area (Å²) in [4.78, 5) is 2.54. The smallest absolute Gasteiger partial charge is 0.0630 e. The Morgan fingerprint density at radius 2 is 1.53 bits per heavy atom. The number of para-hydroxylation sites is 2. The molecule has 3 aliphatic carbocycles. The standard InChI is InChI=1S/C43H36N2/c1-29-11-5-6-14-35(29)30-19-23-34(24-20-30)44-41-18-10-8-16-37(41)39-27-31(22-26-42(39)44)32-21-25-38-36-15-7-9-17-40(36)45(43(38)28-32)33-12-3-2-4-13-33/h2-3,5-10,12,14-29,39,42H,4,11,13H2,1H3. The lowest BCUT2D eigenvalue weighted by atomic mass is 9.86. The minimum Gasteiger partial charge on any atom is -0.333 e. The van der Waals surface area contributed by atoms with Crippen molar-refractivity contribution < 1.29 is 0 Å². The van der Waals surface area contributed by atoms with E-state index in [0.29, 0.717) is 11.8 Å². The highest BCUT2D eigenvalue weighted by Gasteiger charge is 2.38. The summed E-state index contributed by atoms with van der Waals surface area (Å²) >= 11 is 0. The average Bonchev–Trinajstić information content (AvgIpc) is 3.61. The molecular formula is C43H36N2. The fourth-order valence-electron chi connectivity index (χ4n) is 8.02. The van der Waals surface area contributed by atoms with Crippen molar-refractivity contribution in [3.05, 3.63) is 162 Å². The van der Waals surface area contributed by atoms with E-state index in [9.17, 15) is 0 Å². The topological polar surface area (TPSA) is 8.17 Å². The van der Waals surface area contributed by atoms with Crippen LogP contribution in [0.25, 0.3) is 38.6 Å². The molecule has 0 saturated heterocycles.